The first-order valence-electron chi connectivity index (χ1n) is 7.59. The number of carbonyl (C=O) groups is 1. The van der Waals surface area contributed by atoms with Crippen molar-refractivity contribution >= 4 is 34.1 Å². The minimum absolute atomic E-state index is 0.00678. The van der Waals surface area contributed by atoms with Crippen molar-refractivity contribution in [3.8, 4) is 0 Å². The highest BCUT2D eigenvalue weighted by Gasteiger charge is 2.12. The summed E-state index contributed by atoms with van der Waals surface area (Å²) in [5.74, 6) is 0.347. The number of fused-ring (bicyclic) bond motifs is 1. The smallest absolute Gasteiger partial charge is 0.271 e. The highest BCUT2D eigenvalue weighted by molar-refractivity contribution is 6.35. The van der Waals surface area contributed by atoms with Crippen molar-refractivity contribution in [3.63, 3.8) is 0 Å². The fourth-order valence-electron chi connectivity index (χ4n) is 2.62. The lowest BCUT2D eigenvalue weighted by molar-refractivity contribution is 0.0957. The van der Waals surface area contributed by atoms with Crippen LogP contribution in [-0.4, -0.2) is 23.2 Å². The molecule has 0 bridgehead atoms. The largest absolute Gasteiger partial charge is 0.362 e. The summed E-state index contributed by atoms with van der Waals surface area (Å²) in [7, 11) is 1.56. The third-order valence-electron chi connectivity index (χ3n) is 3.86. The highest BCUT2D eigenvalue weighted by atomic mass is 35.5. The van der Waals surface area contributed by atoms with Gasteiger partial charge in [0.1, 0.15) is 5.82 Å². The lowest BCUT2D eigenvalue weighted by atomic mass is 9.99. The van der Waals surface area contributed by atoms with Crippen LogP contribution in [0.5, 0.6) is 0 Å². The Morgan fingerprint density at radius 3 is 2.46 bits per heavy atom. The number of hydrogen-bond donors (Lipinski definition) is 2. The van der Waals surface area contributed by atoms with Crippen LogP contribution in [-0.2, 0) is 0 Å². The van der Waals surface area contributed by atoms with Crippen molar-refractivity contribution in [2.24, 2.45) is 0 Å². The molecule has 0 spiro atoms. The number of rotatable bonds is 4. The van der Waals surface area contributed by atoms with Crippen molar-refractivity contribution in [2.75, 3.05) is 12.4 Å². The van der Waals surface area contributed by atoms with Gasteiger partial charge in [0, 0.05) is 17.5 Å². The van der Waals surface area contributed by atoms with Gasteiger partial charge in [-0.1, -0.05) is 41.9 Å². The van der Waals surface area contributed by atoms with Crippen LogP contribution in [0.3, 0.4) is 0 Å². The molecule has 0 fully saturated rings. The van der Waals surface area contributed by atoms with Gasteiger partial charge in [-0.2, -0.15) is 0 Å². The number of carbonyl (C=O) groups excluding carboxylic acids is 1. The maximum atomic E-state index is 11.5. The van der Waals surface area contributed by atoms with Gasteiger partial charge >= 0.3 is 0 Å². The van der Waals surface area contributed by atoms with Gasteiger partial charge in [0.15, 0.2) is 5.69 Å². The summed E-state index contributed by atoms with van der Waals surface area (Å²) in [5, 5.41) is 16.7. The average Bonchev–Trinajstić information content (AvgIpc) is 2.62. The molecule has 122 valence electrons. The van der Waals surface area contributed by atoms with Crippen molar-refractivity contribution in [1.29, 1.82) is 0 Å². The predicted octanol–water partition coefficient (Wildman–Crippen LogP) is 3.82. The fourth-order valence-corrected chi connectivity index (χ4v) is 2.85. The maximum Gasteiger partial charge on any atom is 0.271 e. The third-order valence-corrected chi connectivity index (χ3v) is 4.19. The average molecular weight is 341 g/mol. The summed E-state index contributed by atoms with van der Waals surface area (Å²) in [5.41, 5.74) is 1.40. The second-order valence-electron chi connectivity index (χ2n) is 5.43. The molecule has 5 nitrogen and oxygen atoms in total. The number of halogens is 1. The molecule has 0 aliphatic heterocycles. The molecule has 2 aromatic carbocycles. The van der Waals surface area contributed by atoms with E-state index in [0.717, 1.165) is 21.4 Å². The topological polar surface area (TPSA) is 66.9 Å². The highest BCUT2D eigenvalue weighted by Crippen LogP contribution is 2.31. The Balaban J connectivity index is 1.86. The first-order valence-corrected chi connectivity index (χ1v) is 7.97. The van der Waals surface area contributed by atoms with Gasteiger partial charge in [-0.15, -0.1) is 10.2 Å². The maximum absolute atomic E-state index is 11.5. The van der Waals surface area contributed by atoms with E-state index in [4.69, 9.17) is 11.6 Å². The molecular weight excluding hydrogens is 324 g/mol. The van der Waals surface area contributed by atoms with Gasteiger partial charge in [0.25, 0.3) is 5.91 Å². The van der Waals surface area contributed by atoms with Gasteiger partial charge in [-0.3, -0.25) is 4.79 Å². The Labute approximate surface area is 145 Å². The number of nitrogens with zero attached hydrogens (tertiary/aromatic N) is 2. The molecule has 3 aromatic rings. The monoisotopic (exact) mass is 340 g/mol. The first kappa shape index (κ1) is 16.2. The van der Waals surface area contributed by atoms with Crippen LogP contribution in [0.2, 0.25) is 5.02 Å². The number of amides is 1. The van der Waals surface area contributed by atoms with Crippen LogP contribution in [0.15, 0.2) is 48.5 Å². The number of nitrogens with one attached hydrogen (secondary N) is 2. The molecule has 24 heavy (non-hydrogen) atoms. The minimum atomic E-state index is -0.259. The Bertz CT molecular complexity index is 880. The van der Waals surface area contributed by atoms with Crippen LogP contribution in [0, 0.1) is 0 Å². The normalized spacial score (nSPS) is 12.0. The number of aromatic nitrogens is 2. The van der Waals surface area contributed by atoms with Gasteiger partial charge in [-0.25, -0.2) is 0 Å². The quantitative estimate of drug-likeness (QED) is 0.757. The number of hydrogen-bond acceptors (Lipinski definition) is 4. The molecule has 0 aliphatic carbocycles. The van der Waals surface area contributed by atoms with Crippen LogP contribution < -0.4 is 10.6 Å². The van der Waals surface area contributed by atoms with E-state index in [0.29, 0.717) is 5.82 Å². The van der Waals surface area contributed by atoms with E-state index in [1.54, 1.807) is 19.2 Å². The fraction of sp³-hybridized carbons (Fsp3) is 0.167. The zero-order valence-electron chi connectivity index (χ0n) is 13.4. The van der Waals surface area contributed by atoms with Crippen LogP contribution >= 0.6 is 11.6 Å². The molecule has 1 atom stereocenters. The molecule has 3 rings (SSSR count). The molecule has 1 heterocycles. The standard InChI is InChI=1S/C18H17ClN4O/c1-11(21-17-10-9-16(22-23-17)18(24)20-2)12-7-8-15(19)14-6-4-3-5-13(12)14/h3-11H,1-2H3,(H,20,24)(H,21,23). The second kappa shape index (κ2) is 6.84. The van der Waals surface area contributed by atoms with E-state index in [-0.39, 0.29) is 17.6 Å². The molecule has 1 unspecified atom stereocenters. The molecule has 1 aromatic heterocycles. The first-order chi connectivity index (χ1) is 11.6. The van der Waals surface area contributed by atoms with Crippen molar-refractivity contribution < 1.29 is 4.79 Å². The van der Waals surface area contributed by atoms with E-state index in [2.05, 4.69) is 26.9 Å². The summed E-state index contributed by atoms with van der Waals surface area (Å²) >= 11 is 6.27. The Hall–Kier alpha value is -2.66. The van der Waals surface area contributed by atoms with Crippen LogP contribution in [0.4, 0.5) is 5.82 Å². The van der Waals surface area contributed by atoms with Gasteiger partial charge in [-0.05, 0) is 36.1 Å². The summed E-state index contributed by atoms with van der Waals surface area (Å²) in [4.78, 5) is 11.5. The molecule has 0 saturated carbocycles. The zero-order chi connectivity index (χ0) is 17.1. The third kappa shape index (κ3) is 3.16. The predicted molar refractivity (Wildman–Crippen MR) is 96.4 cm³/mol. The molecule has 0 aliphatic rings. The van der Waals surface area contributed by atoms with E-state index in [1.807, 2.05) is 37.3 Å². The zero-order valence-corrected chi connectivity index (χ0v) is 14.1. The molecule has 6 heteroatoms. The van der Waals surface area contributed by atoms with E-state index in [1.165, 1.54) is 0 Å². The van der Waals surface area contributed by atoms with E-state index >= 15 is 0 Å². The second-order valence-corrected chi connectivity index (χ2v) is 5.84. The Morgan fingerprint density at radius 1 is 1.04 bits per heavy atom. The van der Waals surface area contributed by atoms with Crippen LogP contribution in [0.1, 0.15) is 29.0 Å². The summed E-state index contributed by atoms with van der Waals surface area (Å²) in [6, 6.07) is 15.3. The SMILES string of the molecule is CNC(=O)c1ccc(NC(C)c2ccc(Cl)c3ccccc23)nn1. The number of benzene rings is 2. The van der Waals surface area contributed by atoms with E-state index in [9.17, 15) is 4.79 Å². The lowest BCUT2D eigenvalue weighted by Gasteiger charge is -2.17. The summed E-state index contributed by atoms with van der Waals surface area (Å²) < 4.78 is 0. The van der Waals surface area contributed by atoms with Gasteiger partial charge in [0.05, 0.1) is 6.04 Å². The molecule has 1 amide bonds. The van der Waals surface area contributed by atoms with Gasteiger partial charge < -0.3 is 10.6 Å². The van der Waals surface area contributed by atoms with Crippen molar-refractivity contribution in [3.05, 3.63) is 64.8 Å². The molecule has 0 saturated heterocycles. The van der Waals surface area contributed by atoms with Crippen LogP contribution in [0.25, 0.3) is 10.8 Å². The molecular formula is C18H17ClN4O. The molecule has 0 radical (unpaired) electrons. The van der Waals surface area contributed by atoms with Crippen molar-refractivity contribution in [1.82, 2.24) is 15.5 Å². The van der Waals surface area contributed by atoms with Crippen molar-refractivity contribution in [2.45, 2.75) is 13.0 Å². The minimum Gasteiger partial charge on any atom is -0.362 e. The number of anilines is 1. The Kier molecular flexibility index (Phi) is 4.62. The lowest BCUT2D eigenvalue weighted by Crippen LogP contribution is -2.20. The summed E-state index contributed by atoms with van der Waals surface area (Å²) in [6.45, 7) is 2.05. The Morgan fingerprint density at radius 2 is 1.79 bits per heavy atom. The van der Waals surface area contributed by atoms with E-state index < -0.39 is 0 Å². The van der Waals surface area contributed by atoms with Gasteiger partial charge in [0.2, 0.25) is 0 Å². The molecule has 2 N–H and O–H groups in total. The summed E-state index contributed by atoms with van der Waals surface area (Å²) in [6.07, 6.45) is 0.